The van der Waals surface area contributed by atoms with Gasteiger partial charge in [0.1, 0.15) is 0 Å². The van der Waals surface area contributed by atoms with Crippen molar-refractivity contribution in [3.63, 3.8) is 0 Å². The number of carbonyl (C=O) groups excluding carboxylic acids is 2. The maximum Gasteiger partial charge on any atom is 0.260 e. The maximum absolute atomic E-state index is 12.2. The molecule has 1 heterocycles. The van der Waals surface area contributed by atoms with Gasteiger partial charge < -0.3 is 0 Å². The molecule has 1 atom stereocenters. The molecule has 1 unspecified atom stereocenters. The number of likely N-dealkylation sites (N-methyl/N-ethyl adjacent to an activating group) is 1. The van der Waals surface area contributed by atoms with Crippen LogP contribution in [-0.4, -0.2) is 23.8 Å². The van der Waals surface area contributed by atoms with Gasteiger partial charge in [-0.15, -0.1) is 11.6 Å². The number of amides is 2. The van der Waals surface area contributed by atoms with E-state index in [1.54, 1.807) is 6.07 Å². The summed E-state index contributed by atoms with van der Waals surface area (Å²) in [5, 5.41) is -0.313. The molecule has 0 saturated heterocycles. The van der Waals surface area contributed by atoms with Crippen LogP contribution in [0.5, 0.6) is 0 Å². The number of nitrogens with zero attached hydrogens (tertiary/aromatic N) is 1. The van der Waals surface area contributed by atoms with Gasteiger partial charge in [0.2, 0.25) is 5.91 Å². The van der Waals surface area contributed by atoms with Crippen LogP contribution in [0.1, 0.15) is 32.4 Å². The van der Waals surface area contributed by atoms with Crippen molar-refractivity contribution >= 4 is 23.4 Å². The van der Waals surface area contributed by atoms with Gasteiger partial charge in [0.05, 0.1) is 11.8 Å². The standard InChI is InChI=1S/C17H14ClNO2/c1-19-15(20)10-12-7-8-13(9-14(12)17(19)21)16(18)11-5-3-2-4-6-11/h2-9,16H,10H2,1H3. The van der Waals surface area contributed by atoms with Gasteiger partial charge in [-0.25, -0.2) is 0 Å². The summed E-state index contributed by atoms with van der Waals surface area (Å²) < 4.78 is 0. The molecule has 0 spiro atoms. The van der Waals surface area contributed by atoms with E-state index in [4.69, 9.17) is 11.6 Å². The first kappa shape index (κ1) is 13.8. The Morgan fingerprint density at radius 1 is 1.05 bits per heavy atom. The minimum absolute atomic E-state index is 0.175. The molecule has 21 heavy (non-hydrogen) atoms. The highest BCUT2D eigenvalue weighted by atomic mass is 35.5. The molecule has 2 amide bonds. The lowest BCUT2D eigenvalue weighted by atomic mass is 9.94. The van der Waals surface area contributed by atoms with Crippen LogP contribution in [0, 0.1) is 0 Å². The zero-order valence-electron chi connectivity index (χ0n) is 11.5. The van der Waals surface area contributed by atoms with Crippen molar-refractivity contribution in [2.24, 2.45) is 0 Å². The van der Waals surface area contributed by atoms with Crippen LogP contribution in [0.15, 0.2) is 48.5 Å². The van der Waals surface area contributed by atoms with Gasteiger partial charge >= 0.3 is 0 Å². The Bertz CT molecular complexity index is 712. The van der Waals surface area contributed by atoms with Crippen molar-refractivity contribution in [1.82, 2.24) is 4.90 Å². The van der Waals surface area contributed by atoms with E-state index in [9.17, 15) is 9.59 Å². The largest absolute Gasteiger partial charge is 0.281 e. The van der Waals surface area contributed by atoms with E-state index >= 15 is 0 Å². The topological polar surface area (TPSA) is 37.4 Å². The number of hydrogen-bond acceptors (Lipinski definition) is 2. The van der Waals surface area contributed by atoms with Gasteiger partial charge in [0.25, 0.3) is 5.91 Å². The van der Waals surface area contributed by atoms with E-state index in [0.717, 1.165) is 21.6 Å². The minimum atomic E-state index is -0.313. The molecule has 1 aliphatic heterocycles. The van der Waals surface area contributed by atoms with Gasteiger partial charge in [0, 0.05) is 12.6 Å². The quantitative estimate of drug-likeness (QED) is 0.631. The number of imide groups is 1. The Kier molecular flexibility index (Phi) is 3.52. The van der Waals surface area contributed by atoms with E-state index in [2.05, 4.69) is 0 Å². The molecule has 0 fully saturated rings. The van der Waals surface area contributed by atoms with Crippen molar-refractivity contribution in [2.45, 2.75) is 11.8 Å². The van der Waals surface area contributed by atoms with Crippen LogP contribution in [0.25, 0.3) is 0 Å². The maximum atomic E-state index is 12.2. The van der Waals surface area contributed by atoms with Crippen LogP contribution in [0.3, 0.4) is 0 Å². The number of hydrogen-bond donors (Lipinski definition) is 0. The summed E-state index contributed by atoms with van der Waals surface area (Å²) in [5.41, 5.74) is 3.17. The Morgan fingerprint density at radius 2 is 1.76 bits per heavy atom. The van der Waals surface area contributed by atoms with Gasteiger partial charge in [0.15, 0.2) is 0 Å². The lowest BCUT2D eigenvalue weighted by Crippen LogP contribution is -2.39. The highest BCUT2D eigenvalue weighted by Gasteiger charge is 2.28. The highest BCUT2D eigenvalue weighted by molar-refractivity contribution is 6.22. The smallest absolute Gasteiger partial charge is 0.260 e. The third-order valence-corrected chi connectivity index (χ3v) is 4.27. The van der Waals surface area contributed by atoms with Crippen LogP contribution in [0.4, 0.5) is 0 Å². The van der Waals surface area contributed by atoms with Crippen molar-refractivity contribution in [2.75, 3.05) is 7.05 Å². The number of benzene rings is 2. The van der Waals surface area contributed by atoms with Crippen molar-refractivity contribution in [1.29, 1.82) is 0 Å². The molecule has 0 radical (unpaired) electrons. The average Bonchev–Trinajstić information content (AvgIpc) is 2.53. The zero-order chi connectivity index (χ0) is 15.0. The molecule has 0 saturated carbocycles. The summed E-state index contributed by atoms with van der Waals surface area (Å²) in [6.45, 7) is 0. The van der Waals surface area contributed by atoms with Gasteiger partial charge in [-0.3, -0.25) is 14.5 Å². The predicted octanol–water partition coefficient (Wildman–Crippen LogP) is 3.17. The molecule has 0 N–H and O–H groups in total. The number of halogens is 1. The molecule has 0 aliphatic carbocycles. The van der Waals surface area contributed by atoms with Gasteiger partial charge in [-0.05, 0) is 22.8 Å². The second-order valence-electron chi connectivity index (χ2n) is 5.12. The molecular formula is C17H14ClNO2. The fourth-order valence-corrected chi connectivity index (χ4v) is 2.78. The Labute approximate surface area is 128 Å². The molecule has 0 aromatic heterocycles. The average molecular weight is 300 g/mol. The predicted molar refractivity (Wildman–Crippen MR) is 81.4 cm³/mol. The molecule has 4 heteroatoms. The Balaban J connectivity index is 2.00. The fraction of sp³-hybridized carbons (Fsp3) is 0.176. The Morgan fingerprint density at radius 3 is 2.48 bits per heavy atom. The van der Waals surface area contributed by atoms with Crippen molar-refractivity contribution < 1.29 is 9.59 Å². The first-order chi connectivity index (χ1) is 10.1. The number of rotatable bonds is 2. The molecule has 2 aromatic carbocycles. The van der Waals surface area contributed by atoms with E-state index in [-0.39, 0.29) is 23.6 Å². The van der Waals surface area contributed by atoms with Crippen molar-refractivity contribution in [3.05, 3.63) is 70.8 Å². The third-order valence-electron chi connectivity index (χ3n) is 3.77. The second-order valence-corrected chi connectivity index (χ2v) is 5.56. The molecule has 3 nitrogen and oxygen atoms in total. The molecule has 106 valence electrons. The minimum Gasteiger partial charge on any atom is -0.281 e. The normalized spacial score (nSPS) is 15.8. The lowest BCUT2D eigenvalue weighted by Gasteiger charge is -2.24. The van der Waals surface area contributed by atoms with Gasteiger partial charge in [-0.2, -0.15) is 0 Å². The molecular weight excluding hydrogens is 286 g/mol. The van der Waals surface area contributed by atoms with Crippen LogP contribution >= 0.6 is 11.6 Å². The van der Waals surface area contributed by atoms with Crippen LogP contribution in [0.2, 0.25) is 0 Å². The summed E-state index contributed by atoms with van der Waals surface area (Å²) in [7, 11) is 1.51. The molecule has 0 bridgehead atoms. The Hall–Kier alpha value is -2.13. The molecule has 1 aliphatic rings. The summed E-state index contributed by atoms with van der Waals surface area (Å²) in [6.07, 6.45) is 0.260. The number of fused-ring (bicyclic) bond motifs is 1. The first-order valence-corrected chi connectivity index (χ1v) is 7.14. The summed E-state index contributed by atoms with van der Waals surface area (Å²) >= 11 is 6.50. The lowest BCUT2D eigenvalue weighted by molar-refractivity contribution is -0.127. The SMILES string of the molecule is CN1C(=O)Cc2ccc(C(Cl)c3ccccc3)cc2C1=O. The second kappa shape index (κ2) is 5.34. The van der Waals surface area contributed by atoms with Crippen LogP contribution < -0.4 is 0 Å². The molecule has 2 aromatic rings. The number of alkyl halides is 1. The summed E-state index contributed by atoms with van der Waals surface area (Å²) in [6, 6.07) is 15.2. The first-order valence-electron chi connectivity index (χ1n) is 6.70. The van der Waals surface area contributed by atoms with E-state index in [1.165, 1.54) is 7.05 Å². The van der Waals surface area contributed by atoms with E-state index in [1.807, 2.05) is 42.5 Å². The zero-order valence-corrected chi connectivity index (χ0v) is 12.3. The highest BCUT2D eigenvalue weighted by Crippen LogP contribution is 2.31. The third kappa shape index (κ3) is 2.45. The monoisotopic (exact) mass is 299 g/mol. The van der Waals surface area contributed by atoms with E-state index in [0.29, 0.717) is 5.56 Å². The van der Waals surface area contributed by atoms with Crippen LogP contribution in [-0.2, 0) is 11.2 Å². The molecule has 3 rings (SSSR count). The van der Waals surface area contributed by atoms with E-state index < -0.39 is 0 Å². The van der Waals surface area contributed by atoms with Gasteiger partial charge in [-0.1, -0.05) is 42.5 Å². The number of carbonyl (C=O) groups is 2. The summed E-state index contributed by atoms with van der Waals surface area (Å²) in [4.78, 5) is 25.1. The fourth-order valence-electron chi connectivity index (χ4n) is 2.49. The van der Waals surface area contributed by atoms with Crippen molar-refractivity contribution in [3.8, 4) is 0 Å². The summed E-state index contributed by atoms with van der Waals surface area (Å²) in [5.74, 6) is -0.439.